The zero-order chi connectivity index (χ0) is 17.2. The highest BCUT2D eigenvalue weighted by Crippen LogP contribution is 2.31. The summed E-state index contributed by atoms with van der Waals surface area (Å²) in [5.41, 5.74) is 0. The summed E-state index contributed by atoms with van der Waals surface area (Å²) in [6.07, 6.45) is 5.30. The molecule has 0 saturated carbocycles. The van der Waals surface area contributed by atoms with Crippen LogP contribution < -0.4 is 4.74 Å². The Balaban J connectivity index is 2.65. The number of unbranched alkanes of at least 4 members (excludes halogenated alkanes) is 1. The summed E-state index contributed by atoms with van der Waals surface area (Å²) < 4.78 is 6.20. The molecule has 23 heavy (non-hydrogen) atoms. The van der Waals surface area contributed by atoms with Crippen LogP contribution in [0, 0.1) is 11.8 Å². The Morgan fingerprint density at radius 1 is 1.35 bits per heavy atom. The number of halogens is 1. The monoisotopic (exact) mass is 402 g/mol. The largest absolute Gasteiger partial charge is 0.497 e. The van der Waals surface area contributed by atoms with Gasteiger partial charge in [-0.05, 0) is 30.5 Å². The van der Waals surface area contributed by atoms with E-state index in [1.54, 1.807) is 18.9 Å². The van der Waals surface area contributed by atoms with E-state index in [1.165, 1.54) is 12.8 Å². The average molecular weight is 403 g/mol. The van der Waals surface area contributed by atoms with Gasteiger partial charge >= 0.3 is 5.97 Å². The van der Waals surface area contributed by atoms with Crippen LogP contribution in [0.2, 0.25) is 0 Å². The van der Waals surface area contributed by atoms with Crippen LogP contribution in [-0.2, 0) is 4.79 Å². The summed E-state index contributed by atoms with van der Waals surface area (Å²) in [6, 6.07) is 5.85. The summed E-state index contributed by atoms with van der Waals surface area (Å²) in [5, 5.41) is 9.53. The minimum Gasteiger partial charge on any atom is -0.497 e. The lowest BCUT2D eigenvalue weighted by atomic mass is 9.89. The maximum Gasteiger partial charge on any atom is 0.307 e. The number of hydrogen-bond donors (Lipinski definition) is 1. The van der Waals surface area contributed by atoms with Crippen molar-refractivity contribution in [1.29, 1.82) is 0 Å². The molecule has 0 fully saturated rings. The van der Waals surface area contributed by atoms with Crippen molar-refractivity contribution in [3.05, 3.63) is 22.7 Å². The molecule has 1 rings (SSSR count). The first-order valence-electron chi connectivity index (χ1n) is 8.20. The van der Waals surface area contributed by atoms with Crippen LogP contribution in [0.3, 0.4) is 0 Å². The van der Waals surface area contributed by atoms with Crippen LogP contribution in [0.15, 0.2) is 27.6 Å². The molecule has 5 heteroatoms. The summed E-state index contributed by atoms with van der Waals surface area (Å²) in [7, 11) is 1.63. The first-order chi connectivity index (χ1) is 11.0. The molecular weight excluding hydrogens is 376 g/mol. The molecule has 1 aromatic carbocycles. The third kappa shape index (κ3) is 7.62. The molecule has 0 aliphatic heterocycles. The molecule has 0 aliphatic rings. The van der Waals surface area contributed by atoms with Crippen molar-refractivity contribution in [3.8, 4) is 5.75 Å². The maximum absolute atomic E-state index is 11.6. The van der Waals surface area contributed by atoms with E-state index in [1.807, 2.05) is 18.2 Å². The second-order valence-corrected chi connectivity index (χ2v) is 7.83. The van der Waals surface area contributed by atoms with Crippen molar-refractivity contribution in [3.63, 3.8) is 0 Å². The Bertz CT molecular complexity index is 493. The second-order valence-electron chi connectivity index (χ2n) is 5.83. The number of thioether (sulfide) groups is 1. The third-order valence-electron chi connectivity index (χ3n) is 4.04. The molecule has 1 N–H and O–H groups in total. The molecule has 0 saturated heterocycles. The van der Waals surface area contributed by atoms with Crippen molar-refractivity contribution >= 4 is 33.7 Å². The second kappa shape index (κ2) is 11.0. The van der Waals surface area contributed by atoms with Crippen LogP contribution in [0.4, 0.5) is 0 Å². The first kappa shape index (κ1) is 20.4. The number of benzene rings is 1. The van der Waals surface area contributed by atoms with Gasteiger partial charge in [-0.2, -0.15) is 0 Å². The van der Waals surface area contributed by atoms with Gasteiger partial charge in [-0.15, -0.1) is 11.8 Å². The number of hydrogen-bond acceptors (Lipinski definition) is 3. The van der Waals surface area contributed by atoms with E-state index in [4.69, 9.17) is 4.74 Å². The fourth-order valence-electron chi connectivity index (χ4n) is 2.56. The van der Waals surface area contributed by atoms with Gasteiger partial charge in [0.1, 0.15) is 5.75 Å². The minimum absolute atomic E-state index is 0.299. The number of carboxylic acid groups (broad SMARTS) is 1. The molecule has 0 radical (unpaired) electrons. The van der Waals surface area contributed by atoms with Gasteiger partial charge in [0.25, 0.3) is 0 Å². The number of carbonyl (C=O) groups is 1. The first-order valence-corrected chi connectivity index (χ1v) is 9.98. The minimum atomic E-state index is -0.686. The predicted octanol–water partition coefficient (Wildman–Crippen LogP) is 5.86. The van der Waals surface area contributed by atoms with Crippen molar-refractivity contribution in [1.82, 2.24) is 0 Å². The molecule has 0 amide bonds. The molecule has 130 valence electrons. The van der Waals surface area contributed by atoms with Crippen molar-refractivity contribution < 1.29 is 14.6 Å². The van der Waals surface area contributed by atoms with Crippen LogP contribution in [0.1, 0.15) is 46.0 Å². The average Bonchev–Trinajstić information content (AvgIpc) is 2.53. The van der Waals surface area contributed by atoms with Gasteiger partial charge in [-0.1, -0.05) is 55.5 Å². The molecule has 1 aromatic rings. The molecule has 0 aliphatic carbocycles. The van der Waals surface area contributed by atoms with Gasteiger partial charge < -0.3 is 9.84 Å². The predicted molar refractivity (Wildman–Crippen MR) is 100 cm³/mol. The Kier molecular flexibility index (Phi) is 9.72. The number of rotatable bonds is 11. The fraction of sp³-hybridized carbons (Fsp3) is 0.611. The van der Waals surface area contributed by atoms with Gasteiger partial charge in [0.15, 0.2) is 0 Å². The lowest BCUT2D eigenvalue weighted by Crippen LogP contribution is -2.20. The van der Waals surface area contributed by atoms with E-state index in [-0.39, 0.29) is 5.92 Å². The lowest BCUT2D eigenvalue weighted by molar-refractivity contribution is -0.141. The molecule has 3 nitrogen and oxygen atoms in total. The summed E-state index contributed by atoms with van der Waals surface area (Å²) >= 11 is 5.05. The van der Waals surface area contributed by atoms with Crippen LogP contribution in [-0.4, -0.2) is 23.9 Å². The zero-order valence-electron chi connectivity index (χ0n) is 14.2. The summed E-state index contributed by atoms with van der Waals surface area (Å²) in [6.45, 7) is 4.34. The van der Waals surface area contributed by atoms with Crippen LogP contribution in [0.25, 0.3) is 0 Å². The summed E-state index contributed by atoms with van der Waals surface area (Å²) in [5.74, 6) is 0.899. The van der Waals surface area contributed by atoms with E-state index < -0.39 is 5.97 Å². The van der Waals surface area contributed by atoms with Crippen LogP contribution in [0.5, 0.6) is 5.75 Å². The van der Waals surface area contributed by atoms with Gasteiger partial charge in [-0.3, -0.25) is 4.79 Å². The molecule has 0 aromatic heterocycles. The van der Waals surface area contributed by atoms with E-state index >= 15 is 0 Å². The third-order valence-corrected chi connectivity index (χ3v) is 5.64. The van der Waals surface area contributed by atoms with E-state index in [0.717, 1.165) is 34.4 Å². The lowest BCUT2D eigenvalue weighted by Gasteiger charge is -2.19. The molecule has 0 bridgehead atoms. The molecule has 2 unspecified atom stereocenters. The Morgan fingerprint density at radius 2 is 2.09 bits per heavy atom. The standard InChI is InChI=1S/C18H27BrO3S/c1-4-6-7-13(5-2)8-14(18(20)21)12-23-17-10-15(19)9-16(11-17)22-3/h9-11,13-14H,4-8,12H2,1-3H3,(H,20,21). The van der Waals surface area contributed by atoms with Gasteiger partial charge in [0.2, 0.25) is 0 Å². The van der Waals surface area contributed by atoms with E-state index in [0.29, 0.717) is 11.7 Å². The SMILES string of the molecule is CCCCC(CC)CC(CSc1cc(Br)cc(OC)c1)C(=O)O. The Labute approximate surface area is 152 Å². The zero-order valence-corrected chi connectivity index (χ0v) is 16.6. The Morgan fingerprint density at radius 3 is 2.65 bits per heavy atom. The highest BCUT2D eigenvalue weighted by Gasteiger charge is 2.22. The molecular formula is C18H27BrO3S. The molecule has 2 atom stereocenters. The fourth-order valence-corrected chi connectivity index (χ4v) is 4.26. The van der Waals surface area contributed by atoms with Gasteiger partial charge in [-0.25, -0.2) is 0 Å². The van der Waals surface area contributed by atoms with Gasteiger partial charge in [0, 0.05) is 15.1 Å². The van der Waals surface area contributed by atoms with Gasteiger partial charge in [0.05, 0.1) is 13.0 Å². The topological polar surface area (TPSA) is 46.5 Å². The summed E-state index contributed by atoms with van der Waals surface area (Å²) in [4.78, 5) is 12.6. The number of carboxylic acids is 1. The molecule has 0 heterocycles. The smallest absolute Gasteiger partial charge is 0.307 e. The van der Waals surface area contributed by atoms with Crippen molar-refractivity contribution in [2.75, 3.05) is 12.9 Å². The Hall–Kier alpha value is -0.680. The number of methoxy groups -OCH3 is 1. The van der Waals surface area contributed by atoms with Crippen molar-refractivity contribution in [2.45, 2.75) is 50.8 Å². The van der Waals surface area contributed by atoms with E-state index in [9.17, 15) is 9.90 Å². The van der Waals surface area contributed by atoms with Crippen LogP contribution >= 0.6 is 27.7 Å². The highest BCUT2D eigenvalue weighted by molar-refractivity contribution is 9.10. The maximum atomic E-state index is 11.6. The van der Waals surface area contributed by atoms with Crippen molar-refractivity contribution in [2.24, 2.45) is 11.8 Å². The van der Waals surface area contributed by atoms with E-state index in [2.05, 4.69) is 29.8 Å². The molecule has 0 spiro atoms. The number of ether oxygens (including phenoxy) is 1. The highest BCUT2D eigenvalue weighted by atomic mass is 79.9. The number of aliphatic carboxylic acids is 1. The quantitative estimate of drug-likeness (QED) is 0.471. The normalized spacial score (nSPS) is 13.6.